The van der Waals surface area contributed by atoms with E-state index in [1.54, 1.807) is 24.3 Å². The Morgan fingerprint density at radius 1 is 0.969 bits per heavy atom. The fourth-order valence-corrected chi connectivity index (χ4v) is 3.93. The van der Waals surface area contributed by atoms with Gasteiger partial charge in [0, 0.05) is 16.3 Å². The zero-order valence-electron chi connectivity index (χ0n) is 16.1. The molecule has 0 radical (unpaired) electrons. The summed E-state index contributed by atoms with van der Waals surface area (Å²) >= 11 is 18.2. The third-order valence-electron chi connectivity index (χ3n) is 4.35. The molecule has 32 heavy (non-hydrogen) atoms. The highest BCUT2D eigenvalue weighted by atomic mass is 35.5. The first kappa shape index (κ1) is 21.9. The summed E-state index contributed by atoms with van der Waals surface area (Å²) in [5, 5.41) is 11.0. The van der Waals surface area contributed by atoms with Crippen LogP contribution in [0.4, 0.5) is 11.4 Å². The molecule has 8 nitrogen and oxygen atoms in total. The van der Waals surface area contributed by atoms with Gasteiger partial charge in [-0.3, -0.25) is 14.4 Å². The van der Waals surface area contributed by atoms with E-state index < -0.39 is 17.7 Å². The summed E-state index contributed by atoms with van der Waals surface area (Å²) in [4.78, 5) is 37.2. The fourth-order valence-electron chi connectivity index (χ4n) is 2.95. The Hall–Kier alpha value is -3.33. The SMILES string of the molecule is O=C(NC1=NN(c2c(Cl)cc(Cl)cc2Cl)C(=O)C1)c1cccc(NC(=O)c2ccco2)c1. The van der Waals surface area contributed by atoms with Crippen LogP contribution in [0.2, 0.25) is 15.1 Å². The topological polar surface area (TPSA) is 104 Å². The molecule has 2 aromatic carbocycles. The van der Waals surface area contributed by atoms with Crippen LogP contribution in [0, 0.1) is 0 Å². The van der Waals surface area contributed by atoms with Gasteiger partial charge in [-0.2, -0.15) is 10.1 Å². The van der Waals surface area contributed by atoms with Gasteiger partial charge >= 0.3 is 0 Å². The number of hydrogen-bond acceptors (Lipinski definition) is 5. The van der Waals surface area contributed by atoms with E-state index in [4.69, 9.17) is 39.2 Å². The van der Waals surface area contributed by atoms with Crippen molar-refractivity contribution in [3.63, 3.8) is 0 Å². The van der Waals surface area contributed by atoms with E-state index in [1.807, 2.05) is 0 Å². The van der Waals surface area contributed by atoms with Gasteiger partial charge in [-0.15, -0.1) is 0 Å². The monoisotopic (exact) mass is 490 g/mol. The highest BCUT2D eigenvalue weighted by molar-refractivity contribution is 6.42. The van der Waals surface area contributed by atoms with Gasteiger partial charge in [-0.05, 0) is 42.5 Å². The quantitative estimate of drug-likeness (QED) is 0.537. The Morgan fingerprint density at radius 3 is 2.41 bits per heavy atom. The van der Waals surface area contributed by atoms with Crippen molar-refractivity contribution in [2.75, 3.05) is 10.3 Å². The zero-order chi connectivity index (χ0) is 22.8. The molecule has 0 fully saturated rings. The molecule has 0 spiro atoms. The van der Waals surface area contributed by atoms with Gasteiger partial charge in [-0.25, -0.2) is 0 Å². The van der Waals surface area contributed by atoms with Crippen LogP contribution in [0.5, 0.6) is 0 Å². The number of benzene rings is 2. The fraction of sp³-hybridized carbons (Fsp3) is 0.0476. The summed E-state index contributed by atoms with van der Waals surface area (Å²) in [6, 6.07) is 12.3. The van der Waals surface area contributed by atoms with E-state index in [2.05, 4.69) is 15.7 Å². The van der Waals surface area contributed by atoms with Crippen LogP contribution < -0.4 is 15.6 Å². The lowest BCUT2D eigenvalue weighted by Crippen LogP contribution is -2.29. The minimum Gasteiger partial charge on any atom is -0.459 e. The van der Waals surface area contributed by atoms with Crippen LogP contribution in [0.3, 0.4) is 0 Å². The van der Waals surface area contributed by atoms with E-state index in [9.17, 15) is 14.4 Å². The lowest BCUT2D eigenvalue weighted by Gasteiger charge is -2.15. The minimum atomic E-state index is -0.513. The number of hydrogen-bond donors (Lipinski definition) is 2. The highest BCUT2D eigenvalue weighted by Crippen LogP contribution is 2.38. The Morgan fingerprint density at radius 2 is 1.72 bits per heavy atom. The lowest BCUT2D eigenvalue weighted by atomic mass is 10.2. The molecule has 0 aliphatic carbocycles. The molecule has 1 aliphatic heterocycles. The first-order valence-corrected chi connectivity index (χ1v) is 10.3. The van der Waals surface area contributed by atoms with Gasteiger partial charge in [0.15, 0.2) is 5.76 Å². The van der Waals surface area contributed by atoms with Crippen molar-refractivity contribution in [3.8, 4) is 0 Å². The molecule has 0 saturated carbocycles. The summed E-state index contributed by atoms with van der Waals surface area (Å²) in [7, 11) is 0. The molecular formula is C21H13Cl3N4O4. The molecule has 1 aliphatic rings. The van der Waals surface area contributed by atoms with Crippen molar-refractivity contribution >= 4 is 69.7 Å². The number of hydrazone groups is 1. The molecule has 4 rings (SSSR count). The van der Waals surface area contributed by atoms with Crippen LogP contribution in [0.25, 0.3) is 0 Å². The van der Waals surface area contributed by atoms with Crippen molar-refractivity contribution in [2.45, 2.75) is 6.42 Å². The normalized spacial score (nSPS) is 13.2. The molecule has 0 atom stereocenters. The predicted octanol–water partition coefficient (Wildman–Crippen LogP) is 4.97. The van der Waals surface area contributed by atoms with Crippen LogP contribution in [-0.4, -0.2) is 23.6 Å². The molecule has 162 valence electrons. The van der Waals surface area contributed by atoms with E-state index >= 15 is 0 Å². The Balaban J connectivity index is 1.49. The van der Waals surface area contributed by atoms with E-state index in [0.717, 1.165) is 5.01 Å². The first-order valence-electron chi connectivity index (χ1n) is 9.13. The summed E-state index contributed by atoms with van der Waals surface area (Å²) in [5.41, 5.74) is 0.817. The molecule has 2 N–H and O–H groups in total. The minimum absolute atomic E-state index is 0.118. The summed E-state index contributed by atoms with van der Waals surface area (Å²) < 4.78 is 5.04. The van der Waals surface area contributed by atoms with Gasteiger partial charge in [0.05, 0.1) is 22.7 Å². The molecule has 0 saturated heterocycles. The van der Waals surface area contributed by atoms with Crippen molar-refractivity contribution < 1.29 is 18.8 Å². The summed E-state index contributed by atoms with van der Waals surface area (Å²) in [6.07, 6.45) is 1.23. The Bertz CT molecular complexity index is 1230. The average Bonchev–Trinajstić information content (AvgIpc) is 3.38. The maximum absolute atomic E-state index is 12.7. The third kappa shape index (κ3) is 4.62. The van der Waals surface area contributed by atoms with Crippen LogP contribution in [-0.2, 0) is 4.79 Å². The largest absolute Gasteiger partial charge is 0.459 e. The molecule has 0 unspecified atom stereocenters. The average molecular weight is 492 g/mol. The molecule has 11 heteroatoms. The lowest BCUT2D eigenvalue weighted by molar-refractivity contribution is -0.116. The van der Waals surface area contributed by atoms with Gasteiger partial charge < -0.3 is 15.1 Å². The van der Waals surface area contributed by atoms with Gasteiger partial charge in [0.1, 0.15) is 11.5 Å². The number of nitrogens with one attached hydrogen (secondary N) is 2. The standard InChI is InChI=1S/C21H13Cl3N4O4/c22-12-8-14(23)19(15(24)9-12)28-18(29)10-17(27-28)26-20(30)11-3-1-4-13(7-11)25-21(31)16-5-2-6-32-16/h1-9H,10H2,(H,25,31)(H,26,27,30). The number of rotatable bonds is 4. The second-order valence-electron chi connectivity index (χ2n) is 6.61. The van der Waals surface area contributed by atoms with Crippen molar-refractivity contribution in [3.05, 3.63) is 81.2 Å². The van der Waals surface area contributed by atoms with E-state index in [1.165, 1.54) is 30.5 Å². The van der Waals surface area contributed by atoms with Gasteiger partial charge in [0.25, 0.3) is 17.7 Å². The Labute approximate surface area is 196 Å². The number of carbonyl (C=O) groups is 3. The molecular weight excluding hydrogens is 479 g/mol. The number of anilines is 2. The van der Waals surface area contributed by atoms with Gasteiger partial charge in [-0.1, -0.05) is 40.9 Å². The number of furan rings is 1. The van der Waals surface area contributed by atoms with Crippen LogP contribution >= 0.6 is 34.8 Å². The predicted molar refractivity (Wildman–Crippen MR) is 122 cm³/mol. The second kappa shape index (κ2) is 9.04. The maximum atomic E-state index is 12.7. The number of carbonyl (C=O) groups excluding carboxylic acids is 3. The maximum Gasteiger partial charge on any atom is 0.291 e. The highest BCUT2D eigenvalue weighted by Gasteiger charge is 2.30. The van der Waals surface area contributed by atoms with Crippen molar-refractivity contribution in [1.82, 2.24) is 5.32 Å². The number of nitrogens with zero attached hydrogens (tertiary/aromatic N) is 2. The molecule has 3 amide bonds. The van der Waals surface area contributed by atoms with E-state index in [0.29, 0.717) is 10.7 Å². The van der Waals surface area contributed by atoms with Gasteiger partial charge in [0.2, 0.25) is 0 Å². The molecule has 0 bridgehead atoms. The zero-order valence-corrected chi connectivity index (χ0v) is 18.3. The summed E-state index contributed by atoms with van der Waals surface area (Å²) in [5.74, 6) is -1.14. The second-order valence-corrected chi connectivity index (χ2v) is 7.86. The number of amides is 3. The smallest absolute Gasteiger partial charge is 0.291 e. The van der Waals surface area contributed by atoms with Crippen molar-refractivity contribution in [2.24, 2.45) is 5.10 Å². The first-order chi connectivity index (χ1) is 15.3. The third-order valence-corrected chi connectivity index (χ3v) is 5.15. The van der Waals surface area contributed by atoms with Crippen molar-refractivity contribution in [1.29, 1.82) is 0 Å². The van der Waals surface area contributed by atoms with Crippen LogP contribution in [0.1, 0.15) is 27.3 Å². The summed E-state index contributed by atoms with van der Waals surface area (Å²) in [6.45, 7) is 0. The van der Waals surface area contributed by atoms with E-state index in [-0.39, 0.29) is 39.3 Å². The Kier molecular flexibility index (Phi) is 6.18. The molecule has 2 heterocycles. The number of halogens is 3. The van der Waals surface area contributed by atoms with Crippen LogP contribution in [0.15, 0.2) is 64.3 Å². The number of amidine groups is 1. The molecule has 3 aromatic rings. The molecule has 1 aromatic heterocycles.